The highest BCUT2D eigenvalue weighted by atomic mass is 32.2. The Balaban J connectivity index is 1.99. The molecule has 1 aliphatic rings. The van der Waals surface area contributed by atoms with Gasteiger partial charge in [0, 0.05) is 5.56 Å². The molecular weight excluding hydrogens is 252 g/mol. The number of aliphatic imine (C=N–C) groups is 1. The second kappa shape index (κ2) is 3.99. The summed E-state index contributed by atoms with van der Waals surface area (Å²) in [6.45, 7) is 0.305. The number of fused-ring (bicyclic) bond motifs is 1. The summed E-state index contributed by atoms with van der Waals surface area (Å²) >= 11 is 0. The third-order valence-electron chi connectivity index (χ3n) is 2.64. The van der Waals surface area contributed by atoms with Crippen LogP contribution in [0.2, 0.25) is 0 Å². The van der Waals surface area contributed by atoms with E-state index in [-0.39, 0.29) is 4.90 Å². The Morgan fingerprint density at radius 2 is 2.00 bits per heavy atom. The average Bonchev–Trinajstić information content (AvgIpc) is 2.95. The number of amidine groups is 1. The maximum atomic E-state index is 11.8. The Kier molecular flexibility index (Phi) is 2.45. The smallest absolute Gasteiger partial charge is 0.263 e. The van der Waals surface area contributed by atoms with E-state index in [9.17, 15) is 8.42 Å². The van der Waals surface area contributed by atoms with Crippen LogP contribution in [0.25, 0.3) is 0 Å². The van der Waals surface area contributed by atoms with E-state index in [1.165, 1.54) is 0 Å². The molecule has 1 aromatic carbocycles. The van der Waals surface area contributed by atoms with Crippen LogP contribution in [0.5, 0.6) is 0 Å². The Hall–Kier alpha value is -2.08. The van der Waals surface area contributed by atoms with E-state index in [2.05, 4.69) is 9.71 Å². The van der Waals surface area contributed by atoms with E-state index in [1.54, 1.807) is 42.7 Å². The highest BCUT2D eigenvalue weighted by molar-refractivity contribution is 7.90. The molecule has 92 valence electrons. The summed E-state index contributed by atoms with van der Waals surface area (Å²) in [5, 5.41) is 0. The van der Waals surface area contributed by atoms with Gasteiger partial charge in [0.1, 0.15) is 11.6 Å². The third kappa shape index (κ3) is 1.80. The van der Waals surface area contributed by atoms with Crippen molar-refractivity contribution in [2.24, 2.45) is 4.99 Å². The number of furan rings is 1. The van der Waals surface area contributed by atoms with Crippen molar-refractivity contribution in [3.63, 3.8) is 0 Å². The van der Waals surface area contributed by atoms with Gasteiger partial charge in [-0.15, -0.1) is 0 Å². The molecule has 1 aliphatic heterocycles. The molecule has 5 nitrogen and oxygen atoms in total. The highest BCUT2D eigenvalue weighted by Gasteiger charge is 2.29. The van der Waals surface area contributed by atoms with E-state index in [4.69, 9.17) is 4.42 Å². The minimum atomic E-state index is -3.46. The lowest BCUT2D eigenvalue weighted by molar-refractivity contribution is 0.512. The molecule has 1 aromatic heterocycles. The number of nitrogens with one attached hydrogen (secondary N) is 1. The lowest BCUT2D eigenvalue weighted by Gasteiger charge is -1.97. The Bertz CT molecular complexity index is 703. The van der Waals surface area contributed by atoms with Gasteiger partial charge in [-0.2, -0.15) is 0 Å². The van der Waals surface area contributed by atoms with Crippen molar-refractivity contribution >= 4 is 15.9 Å². The van der Waals surface area contributed by atoms with Crippen LogP contribution < -0.4 is 4.72 Å². The molecule has 3 rings (SSSR count). The minimum Gasteiger partial charge on any atom is -0.467 e. The van der Waals surface area contributed by atoms with Crippen molar-refractivity contribution in [2.45, 2.75) is 11.4 Å². The van der Waals surface area contributed by atoms with E-state index in [1.807, 2.05) is 0 Å². The van der Waals surface area contributed by atoms with Gasteiger partial charge in [-0.25, -0.2) is 8.42 Å². The Morgan fingerprint density at radius 3 is 2.78 bits per heavy atom. The van der Waals surface area contributed by atoms with E-state index >= 15 is 0 Å². The van der Waals surface area contributed by atoms with Crippen LogP contribution in [-0.2, 0) is 16.6 Å². The molecule has 0 atom stereocenters. The molecule has 0 fully saturated rings. The molecule has 0 spiro atoms. The first kappa shape index (κ1) is 11.0. The molecule has 0 unspecified atom stereocenters. The van der Waals surface area contributed by atoms with Crippen molar-refractivity contribution in [3.05, 3.63) is 54.0 Å². The topological polar surface area (TPSA) is 71.7 Å². The van der Waals surface area contributed by atoms with Gasteiger partial charge >= 0.3 is 0 Å². The van der Waals surface area contributed by atoms with Gasteiger partial charge in [0.15, 0.2) is 0 Å². The van der Waals surface area contributed by atoms with Gasteiger partial charge in [0.25, 0.3) is 10.0 Å². The van der Waals surface area contributed by atoms with Crippen LogP contribution in [0.4, 0.5) is 0 Å². The van der Waals surface area contributed by atoms with Crippen LogP contribution in [0, 0.1) is 0 Å². The van der Waals surface area contributed by atoms with Gasteiger partial charge in [-0.1, -0.05) is 12.1 Å². The van der Waals surface area contributed by atoms with Crippen LogP contribution in [-0.4, -0.2) is 14.3 Å². The van der Waals surface area contributed by atoms with Crippen LogP contribution in [0.3, 0.4) is 0 Å². The molecule has 0 bridgehead atoms. The third-order valence-corrected chi connectivity index (χ3v) is 4.03. The van der Waals surface area contributed by atoms with Gasteiger partial charge < -0.3 is 4.42 Å². The Morgan fingerprint density at radius 1 is 1.17 bits per heavy atom. The second-order valence-corrected chi connectivity index (χ2v) is 5.50. The van der Waals surface area contributed by atoms with Crippen molar-refractivity contribution in [2.75, 3.05) is 0 Å². The summed E-state index contributed by atoms with van der Waals surface area (Å²) in [7, 11) is -3.46. The number of sulfonamides is 1. The van der Waals surface area contributed by atoms with Crippen molar-refractivity contribution in [3.8, 4) is 0 Å². The maximum Gasteiger partial charge on any atom is 0.263 e. The Labute approximate surface area is 104 Å². The van der Waals surface area contributed by atoms with Crippen LogP contribution in [0.1, 0.15) is 11.3 Å². The zero-order valence-corrected chi connectivity index (χ0v) is 10.1. The average molecular weight is 262 g/mol. The van der Waals surface area contributed by atoms with E-state index in [0.29, 0.717) is 23.7 Å². The van der Waals surface area contributed by atoms with Crippen LogP contribution in [0.15, 0.2) is 57.0 Å². The number of benzene rings is 1. The highest BCUT2D eigenvalue weighted by Crippen LogP contribution is 2.22. The fourth-order valence-electron chi connectivity index (χ4n) is 1.81. The number of rotatable bonds is 2. The van der Waals surface area contributed by atoms with Crippen LogP contribution >= 0.6 is 0 Å². The summed E-state index contributed by atoms with van der Waals surface area (Å²) in [6.07, 6.45) is 1.56. The van der Waals surface area contributed by atoms with Crippen molar-refractivity contribution in [1.29, 1.82) is 0 Å². The fraction of sp³-hybridized carbons (Fsp3) is 0.0833. The molecule has 2 aromatic rings. The molecular formula is C12H10N2O3S. The molecule has 6 heteroatoms. The molecule has 0 aliphatic carbocycles. The standard InChI is InChI=1S/C12H10N2O3S/c15-18(16)11-6-2-1-5-10(11)12(14-18)13-8-9-4-3-7-17-9/h1-7H,8H2,(H,13,14). The fourth-order valence-corrected chi connectivity index (χ4v) is 3.06. The first-order valence-electron chi connectivity index (χ1n) is 5.36. The predicted molar refractivity (Wildman–Crippen MR) is 65.7 cm³/mol. The maximum absolute atomic E-state index is 11.8. The van der Waals surface area contributed by atoms with Gasteiger partial charge in [0.2, 0.25) is 0 Å². The molecule has 0 saturated heterocycles. The van der Waals surface area contributed by atoms with Gasteiger partial charge in [-0.05, 0) is 24.3 Å². The zero-order valence-electron chi connectivity index (χ0n) is 9.33. The monoisotopic (exact) mass is 262 g/mol. The first-order chi connectivity index (χ1) is 8.67. The number of hydrogen-bond donors (Lipinski definition) is 1. The predicted octanol–water partition coefficient (Wildman–Crippen LogP) is 1.52. The lowest BCUT2D eigenvalue weighted by atomic mass is 10.2. The van der Waals surface area contributed by atoms with Crippen molar-refractivity contribution < 1.29 is 12.8 Å². The van der Waals surface area contributed by atoms with Crippen molar-refractivity contribution in [1.82, 2.24) is 4.72 Å². The quantitative estimate of drug-likeness (QED) is 0.891. The number of nitrogens with zero attached hydrogens (tertiary/aromatic N) is 1. The largest absolute Gasteiger partial charge is 0.467 e. The SMILES string of the molecule is O=S1(=O)NC(=NCc2ccco2)c2ccccc21. The second-order valence-electron chi connectivity index (χ2n) is 3.85. The lowest BCUT2D eigenvalue weighted by Crippen LogP contribution is -2.22. The molecule has 1 N–H and O–H groups in total. The van der Waals surface area contributed by atoms with E-state index in [0.717, 1.165) is 0 Å². The summed E-state index contributed by atoms with van der Waals surface area (Å²) in [6, 6.07) is 10.3. The summed E-state index contributed by atoms with van der Waals surface area (Å²) < 4.78 is 31.2. The summed E-state index contributed by atoms with van der Waals surface area (Å²) in [5.74, 6) is 1.05. The molecule has 0 radical (unpaired) electrons. The zero-order chi connectivity index (χ0) is 12.6. The van der Waals surface area contributed by atoms with Gasteiger partial charge in [0.05, 0.1) is 17.7 Å². The first-order valence-corrected chi connectivity index (χ1v) is 6.84. The molecule has 0 amide bonds. The summed E-state index contributed by atoms with van der Waals surface area (Å²) in [5.41, 5.74) is 0.601. The summed E-state index contributed by atoms with van der Waals surface area (Å²) in [4.78, 5) is 4.50. The minimum absolute atomic E-state index is 0.267. The van der Waals surface area contributed by atoms with Gasteiger partial charge in [-0.3, -0.25) is 9.71 Å². The molecule has 2 heterocycles. The normalized spacial score (nSPS) is 18.6. The van der Waals surface area contributed by atoms with E-state index < -0.39 is 10.0 Å². The molecule has 18 heavy (non-hydrogen) atoms. The number of hydrogen-bond acceptors (Lipinski definition) is 4. The molecule has 0 saturated carbocycles.